The number of rotatable bonds is 5. The zero-order valence-corrected chi connectivity index (χ0v) is 11.2. The maximum Gasteiger partial charge on any atom is 0.161 e. The van der Waals surface area contributed by atoms with Crippen molar-refractivity contribution in [3.8, 4) is 11.5 Å². The average molecular weight is 250 g/mol. The maximum absolute atomic E-state index is 5.92. The van der Waals surface area contributed by atoms with Crippen LogP contribution in [-0.2, 0) is 0 Å². The third kappa shape index (κ3) is 2.60. The highest BCUT2D eigenvalue weighted by Gasteiger charge is 2.19. The molecule has 2 rings (SSSR count). The average Bonchev–Trinajstić information content (AvgIpc) is 2.44. The molecule has 4 heteroatoms. The first-order valence-corrected chi connectivity index (χ1v) is 6.63. The van der Waals surface area contributed by atoms with Crippen molar-refractivity contribution < 1.29 is 9.47 Å². The number of nitrogens with two attached hydrogens (primary N) is 1. The monoisotopic (exact) mass is 250 g/mol. The molecule has 0 aromatic heterocycles. The highest BCUT2D eigenvalue weighted by molar-refractivity contribution is 5.44. The van der Waals surface area contributed by atoms with Gasteiger partial charge in [-0.1, -0.05) is 19.9 Å². The van der Waals surface area contributed by atoms with Crippen molar-refractivity contribution in [3.63, 3.8) is 0 Å². The second kappa shape index (κ2) is 6.07. The molecule has 1 heterocycles. The SMILES string of the molecule is CCN(CC)C(CN)c1ccc2c(c1)OCCO2. The minimum absolute atomic E-state index is 0.246. The van der Waals surface area contributed by atoms with Gasteiger partial charge < -0.3 is 15.2 Å². The molecular weight excluding hydrogens is 228 g/mol. The first-order valence-electron chi connectivity index (χ1n) is 6.63. The van der Waals surface area contributed by atoms with Gasteiger partial charge in [0.05, 0.1) is 0 Å². The largest absolute Gasteiger partial charge is 0.486 e. The quantitative estimate of drug-likeness (QED) is 0.865. The lowest BCUT2D eigenvalue weighted by Crippen LogP contribution is -2.33. The molecule has 4 nitrogen and oxygen atoms in total. The predicted molar refractivity (Wildman–Crippen MR) is 72.1 cm³/mol. The zero-order valence-electron chi connectivity index (χ0n) is 11.2. The molecule has 0 fully saturated rings. The van der Waals surface area contributed by atoms with Gasteiger partial charge in [0.1, 0.15) is 13.2 Å². The van der Waals surface area contributed by atoms with Crippen molar-refractivity contribution in [2.75, 3.05) is 32.8 Å². The van der Waals surface area contributed by atoms with Gasteiger partial charge in [-0.2, -0.15) is 0 Å². The van der Waals surface area contributed by atoms with Crippen LogP contribution < -0.4 is 15.2 Å². The fourth-order valence-corrected chi connectivity index (χ4v) is 2.43. The zero-order chi connectivity index (χ0) is 13.0. The highest BCUT2D eigenvalue weighted by Crippen LogP contribution is 2.33. The summed E-state index contributed by atoms with van der Waals surface area (Å²) in [6.07, 6.45) is 0. The van der Waals surface area contributed by atoms with Gasteiger partial charge in [0.2, 0.25) is 0 Å². The van der Waals surface area contributed by atoms with Gasteiger partial charge in [-0.15, -0.1) is 0 Å². The first kappa shape index (κ1) is 13.2. The molecule has 1 unspecified atom stereocenters. The Bertz CT molecular complexity index is 391. The van der Waals surface area contributed by atoms with Gasteiger partial charge in [-0.25, -0.2) is 0 Å². The molecule has 18 heavy (non-hydrogen) atoms. The lowest BCUT2D eigenvalue weighted by molar-refractivity contribution is 0.170. The molecule has 0 saturated carbocycles. The van der Waals surface area contributed by atoms with Crippen molar-refractivity contribution in [1.29, 1.82) is 0 Å². The van der Waals surface area contributed by atoms with E-state index >= 15 is 0 Å². The molecular formula is C14H22N2O2. The minimum atomic E-state index is 0.246. The highest BCUT2D eigenvalue weighted by atomic mass is 16.6. The number of nitrogens with zero attached hydrogens (tertiary/aromatic N) is 1. The molecule has 1 aliphatic heterocycles. The summed E-state index contributed by atoms with van der Waals surface area (Å²) in [4.78, 5) is 2.35. The van der Waals surface area contributed by atoms with Crippen LogP contribution in [0.2, 0.25) is 0 Å². The molecule has 2 N–H and O–H groups in total. The number of ether oxygens (including phenoxy) is 2. The lowest BCUT2D eigenvalue weighted by Gasteiger charge is -2.30. The Balaban J connectivity index is 2.25. The van der Waals surface area contributed by atoms with E-state index in [-0.39, 0.29) is 6.04 Å². The molecule has 0 spiro atoms. The van der Waals surface area contributed by atoms with E-state index in [0.29, 0.717) is 19.8 Å². The number of benzene rings is 1. The molecule has 0 aliphatic carbocycles. The van der Waals surface area contributed by atoms with Crippen LogP contribution in [-0.4, -0.2) is 37.7 Å². The second-order valence-electron chi connectivity index (χ2n) is 4.38. The fraction of sp³-hybridized carbons (Fsp3) is 0.571. The van der Waals surface area contributed by atoms with Crippen LogP contribution in [0.4, 0.5) is 0 Å². The van der Waals surface area contributed by atoms with Gasteiger partial charge in [-0.05, 0) is 30.8 Å². The first-order chi connectivity index (χ1) is 8.80. The molecule has 100 valence electrons. The number of hydrogen-bond donors (Lipinski definition) is 1. The van der Waals surface area contributed by atoms with Crippen LogP contribution in [0.5, 0.6) is 11.5 Å². The Hall–Kier alpha value is -1.26. The molecule has 0 amide bonds. The summed E-state index contributed by atoms with van der Waals surface area (Å²) in [5.41, 5.74) is 7.12. The van der Waals surface area contributed by atoms with Crippen LogP contribution in [0.15, 0.2) is 18.2 Å². The summed E-state index contributed by atoms with van der Waals surface area (Å²) in [6.45, 7) is 8.16. The Morgan fingerprint density at radius 2 is 1.83 bits per heavy atom. The van der Waals surface area contributed by atoms with E-state index in [1.165, 1.54) is 5.56 Å². The Morgan fingerprint density at radius 1 is 1.17 bits per heavy atom. The van der Waals surface area contributed by atoms with E-state index < -0.39 is 0 Å². The third-order valence-corrected chi connectivity index (χ3v) is 3.43. The van der Waals surface area contributed by atoms with Gasteiger partial charge >= 0.3 is 0 Å². The number of fused-ring (bicyclic) bond motifs is 1. The number of likely N-dealkylation sites (N-methyl/N-ethyl adjacent to an activating group) is 1. The Kier molecular flexibility index (Phi) is 4.44. The van der Waals surface area contributed by atoms with Crippen molar-refractivity contribution in [3.05, 3.63) is 23.8 Å². The summed E-state index contributed by atoms with van der Waals surface area (Å²) in [6, 6.07) is 6.37. The normalized spacial score (nSPS) is 15.8. The van der Waals surface area contributed by atoms with Crippen LogP contribution in [0.1, 0.15) is 25.5 Å². The molecule has 1 aromatic rings. The van der Waals surface area contributed by atoms with Crippen LogP contribution in [0.25, 0.3) is 0 Å². The van der Waals surface area contributed by atoms with E-state index in [1.54, 1.807) is 0 Å². The molecule has 0 radical (unpaired) electrons. The van der Waals surface area contributed by atoms with Gasteiger partial charge in [0.25, 0.3) is 0 Å². The molecule has 1 atom stereocenters. The molecule has 1 aliphatic rings. The van der Waals surface area contributed by atoms with Crippen LogP contribution in [0.3, 0.4) is 0 Å². The summed E-state index contributed by atoms with van der Waals surface area (Å²) in [5, 5.41) is 0. The second-order valence-corrected chi connectivity index (χ2v) is 4.38. The van der Waals surface area contributed by atoms with E-state index in [9.17, 15) is 0 Å². The van der Waals surface area contributed by atoms with E-state index in [0.717, 1.165) is 24.6 Å². The van der Waals surface area contributed by atoms with Gasteiger partial charge in [0, 0.05) is 12.6 Å². The van der Waals surface area contributed by atoms with Crippen molar-refractivity contribution in [1.82, 2.24) is 4.90 Å². The third-order valence-electron chi connectivity index (χ3n) is 3.43. The van der Waals surface area contributed by atoms with Gasteiger partial charge in [0.15, 0.2) is 11.5 Å². The predicted octanol–water partition coefficient (Wildman–Crippen LogP) is 1.80. The van der Waals surface area contributed by atoms with Crippen LogP contribution in [0, 0.1) is 0 Å². The Morgan fingerprint density at radius 3 is 2.44 bits per heavy atom. The van der Waals surface area contributed by atoms with E-state index in [1.807, 2.05) is 6.07 Å². The molecule has 0 saturated heterocycles. The van der Waals surface area contributed by atoms with E-state index in [4.69, 9.17) is 15.2 Å². The minimum Gasteiger partial charge on any atom is -0.486 e. The summed E-state index contributed by atoms with van der Waals surface area (Å²) < 4.78 is 11.2. The summed E-state index contributed by atoms with van der Waals surface area (Å²) in [7, 11) is 0. The molecule has 1 aromatic carbocycles. The Labute approximate surface area is 109 Å². The van der Waals surface area contributed by atoms with Gasteiger partial charge in [-0.3, -0.25) is 4.90 Å². The van der Waals surface area contributed by atoms with Crippen molar-refractivity contribution >= 4 is 0 Å². The smallest absolute Gasteiger partial charge is 0.161 e. The van der Waals surface area contributed by atoms with Crippen LogP contribution >= 0.6 is 0 Å². The van der Waals surface area contributed by atoms with E-state index in [2.05, 4.69) is 30.9 Å². The number of hydrogen-bond acceptors (Lipinski definition) is 4. The fourth-order valence-electron chi connectivity index (χ4n) is 2.43. The maximum atomic E-state index is 5.92. The molecule has 0 bridgehead atoms. The van der Waals surface area contributed by atoms with Crippen molar-refractivity contribution in [2.45, 2.75) is 19.9 Å². The standard InChI is InChI=1S/C14H22N2O2/c1-3-16(4-2)12(10-15)11-5-6-13-14(9-11)18-8-7-17-13/h5-6,9,12H,3-4,7-8,10,15H2,1-2H3. The van der Waals surface area contributed by atoms with Crippen molar-refractivity contribution in [2.24, 2.45) is 5.73 Å². The summed E-state index contributed by atoms with van der Waals surface area (Å²) >= 11 is 0. The summed E-state index contributed by atoms with van der Waals surface area (Å²) in [5.74, 6) is 1.67. The lowest BCUT2D eigenvalue weighted by atomic mass is 10.0. The topological polar surface area (TPSA) is 47.7 Å².